The van der Waals surface area contributed by atoms with Crippen LogP contribution in [0.2, 0.25) is 0 Å². The second-order valence-electron chi connectivity index (χ2n) is 9.13. The molecule has 3 heteroatoms. The zero-order chi connectivity index (χ0) is 23.8. The molecule has 6 rings (SSSR count). The van der Waals surface area contributed by atoms with Crippen LogP contribution in [-0.2, 0) is 6.42 Å². The average molecular weight is 452 g/mol. The second-order valence-corrected chi connectivity index (χ2v) is 9.13. The lowest BCUT2D eigenvalue weighted by molar-refractivity contribution is 0.757. The van der Waals surface area contributed by atoms with Crippen molar-refractivity contribution >= 4 is 5.70 Å². The molecule has 2 heterocycles. The second kappa shape index (κ2) is 8.74. The van der Waals surface area contributed by atoms with Crippen molar-refractivity contribution in [3.05, 3.63) is 131 Å². The molecule has 0 saturated heterocycles. The number of allylic oxidation sites excluding steroid dienone is 3. The lowest BCUT2D eigenvalue weighted by Gasteiger charge is -2.35. The number of nitriles is 1. The van der Waals surface area contributed by atoms with Gasteiger partial charge in [-0.05, 0) is 53.7 Å². The number of rotatable bonds is 3. The average Bonchev–Trinajstić information content (AvgIpc) is 2.93. The summed E-state index contributed by atoms with van der Waals surface area (Å²) in [6, 6.07) is 36.1. The van der Waals surface area contributed by atoms with Crippen LogP contribution in [0, 0.1) is 11.3 Å². The first-order valence-electron chi connectivity index (χ1n) is 12.1. The standard InChI is InChI=1S/C32H25N3/c1-21-28(20-33)30(24-15-9-4-10-16-24)26-18-17-25-27(22-11-5-2-6-12-22)19-29(23-13-7-3-8-14-23)35-31(25)32(26)34-21/h2-16,19,30,34H,17-18H2,1H3. The van der Waals surface area contributed by atoms with Gasteiger partial charge in [0.2, 0.25) is 0 Å². The summed E-state index contributed by atoms with van der Waals surface area (Å²) in [6.07, 6.45) is 1.78. The van der Waals surface area contributed by atoms with Gasteiger partial charge in [0.25, 0.3) is 0 Å². The molecular weight excluding hydrogens is 426 g/mol. The Kier molecular flexibility index (Phi) is 5.28. The molecule has 1 atom stereocenters. The molecule has 1 aromatic heterocycles. The van der Waals surface area contributed by atoms with Gasteiger partial charge < -0.3 is 5.32 Å². The Hall–Kier alpha value is -4.42. The van der Waals surface area contributed by atoms with E-state index in [2.05, 4.69) is 96.3 Å². The van der Waals surface area contributed by atoms with Crippen LogP contribution in [-0.4, -0.2) is 4.98 Å². The van der Waals surface area contributed by atoms with Crippen LogP contribution in [0.4, 0.5) is 0 Å². The van der Waals surface area contributed by atoms with Gasteiger partial charge in [0.05, 0.1) is 28.7 Å². The lowest BCUT2D eigenvalue weighted by Crippen LogP contribution is -2.28. The Morgan fingerprint density at radius 2 is 1.46 bits per heavy atom. The Labute approximate surface area is 206 Å². The largest absolute Gasteiger partial charge is 0.357 e. The minimum Gasteiger partial charge on any atom is -0.357 e. The third-order valence-corrected chi connectivity index (χ3v) is 7.09. The third-order valence-electron chi connectivity index (χ3n) is 7.09. The van der Waals surface area contributed by atoms with Crippen LogP contribution in [0.15, 0.2) is 114 Å². The smallest absolute Gasteiger partial charge is 0.0975 e. The molecule has 0 spiro atoms. The molecule has 35 heavy (non-hydrogen) atoms. The molecule has 168 valence electrons. The van der Waals surface area contributed by atoms with Crippen molar-refractivity contribution in [1.82, 2.24) is 10.3 Å². The van der Waals surface area contributed by atoms with Gasteiger partial charge in [-0.25, -0.2) is 4.98 Å². The first kappa shape index (κ1) is 21.1. The summed E-state index contributed by atoms with van der Waals surface area (Å²) in [6.45, 7) is 2.01. The number of nitrogens with zero attached hydrogens (tertiary/aromatic N) is 2. The van der Waals surface area contributed by atoms with Crippen LogP contribution < -0.4 is 5.32 Å². The van der Waals surface area contributed by atoms with Gasteiger partial charge in [-0.3, -0.25) is 0 Å². The summed E-state index contributed by atoms with van der Waals surface area (Å²) in [5.41, 5.74) is 11.9. The highest BCUT2D eigenvalue weighted by Crippen LogP contribution is 2.47. The normalized spacial score (nSPS) is 16.7. The third kappa shape index (κ3) is 3.64. The molecule has 3 nitrogen and oxygen atoms in total. The van der Waals surface area contributed by atoms with Gasteiger partial charge in [0.15, 0.2) is 0 Å². The Morgan fingerprint density at radius 1 is 0.829 bits per heavy atom. The summed E-state index contributed by atoms with van der Waals surface area (Å²) in [4.78, 5) is 5.24. The highest BCUT2D eigenvalue weighted by Gasteiger charge is 2.35. The Morgan fingerprint density at radius 3 is 2.11 bits per heavy atom. The summed E-state index contributed by atoms with van der Waals surface area (Å²) < 4.78 is 0. The molecular formula is C32H25N3. The van der Waals surface area contributed by atoms with Crippen molar-refractivity contribution < 1.29 is 0 Å². The molecule has 0 bridgehead atoms. The summed E-state index contributed by atoms with van der Waals surface area (Å²) in [5.74, 6) is -0.0482. The minimum absolute atomic E-state index is 0.0482. The molecule has 1 aliphatic carbocycles. The van der Waals surface area contributed by atoms with Crippen LogP contribution in [0.3, 0.4) is 0 Å². The monoisotopic (exact) mass is 451 g/mol. The SMILES string of the molecule is CC1=C(C#N)C(c2ccccc2)C2=C(N1)c1nc(-c3ccccc3)cc(-c3ccccc3)c1CC2. The van der Waals surface area contributed by atoms with E-state index in [0.717, 1.165) is 52.3 Å². The van der Waals surface area contributed by atoms with Crippen molar-refractivity contribution in [2.75, 3.05) is 0 Å². The van der Waals surface area contributed by atoms with Crippen molar-refractivity contribution in [3.63, 3.8) is 0 Å². The molecule has 0 fully saturated rings. The topological polar surface area (TPSA) is 48.7 Å². The predicted molar refractivity (Wildman–Crippen MR) is 141 cm³/mol. The molecule has 2 aliphatic rings. The van der Waals surface area contributed by atoms with E-state index in [9.17, 15) is 5.26 Å². The maximum atomic E-state index is 10.1. The van der Waals surface area contributed by atoms with E-state index in [1.165, 1.54) is 22.3 Å². The van der Waals surface area contributed by atoms with E-state index in [0.29, 0.717) is 0 Å². The van der Waals surface area contributed by atoms with E-state index in [-0.39, 0.29) is 5.92 Å². The van der Waals surface area contributed by atoms with Crippen LogP contribution in [0.25, 0.3) is 28.1 Å². The number of benzene rings is 3. The molecule has 1 aliphatic heterocycles. The number of dihydropyridines is 1. The molecule has 3 aromatic carbocycles. The zero-order valence-electron chi connectivity index (χ0n) is 19.6. The van der Waals surface area contributed by atoms with Crippen molar-refractivity contribution in [2.45, 2.75) is 25.7 Å². The lowest BCUT2D eigenvalue weighted by atomic mass is 9.74. The predicted octanol–water partition coefficient (Wildman–Crippen LogP) is 7.26. The fourth-order valence-corrected chi connectivity index (χ4v) is 5.44. The van der Waals surface area contributed by atoms with Gasteiger partial charge >= 0.3 is 0 Å². The minimum atomic E-state index is -0.0482. The van der Waals surface area contributed by atoms with E-state index >= 15 is 0 Å². The molecule has 1 unspecified atom stereocenters. The highest BCUT2D eigenvalue weighted by molar-refractivity contribution is 5.84. The van der Waals surface area contributed by atoms with Gasteiger partial charge in [0.1, 0.15) is 0 Å². The first-order valence-corrected chi connectivity index (χ1v) is 12.1. The quantitative estimate of drug-likeness (QED) is 0.357. The van der Waals surface area contributed by atoms with Crippen LogP contribution in [0.5, 0.6) is 0 Å². The Bertz CT molecular complexity index is 1510. The van der Waals surface area contributed by atoms with Crippen molar-refractivity contribution in [2.24, 2.45) is 0 Å². The Balaban J connectivity index is 1.61. The maximum absolute atomic E-state index is 10.1. The van der Waals surface area contributed by atoms with E-state index in [1.54, 1.807) is 0 Å². The molecule has 4 aromatic rings. The number of pyridine rings is 1. The molecule has 0 radical (unpaired) electrons. The number of nitrogens with one attached hydrogen (secondary N) is 1. The molecule has 0 amide bonds. The number of aromatic nitrogens is 1. The van der Waals surface area contributed by atoms with Gasteiger partial charge in [-0.15, -0.1) is 0 Å². The van der Waals surface area contributed by atoms with Gasteiger partial charge in [-0.1, -0.05) is 91.0 Å². The fraction of sp³-hybridized carbons (Fsp3) is 0.125. The van der Waals surface area contributed by atoms with E-state index in [4.69, 9.17) is 4.98 Å². The summed E-state index contributed by atoms with van der Waals surface area (Å²) in [5, 5.41) is 13.7. The highest BCUT2D eigenvalue weighted by atomic mass is 15.0. The van der Waals surface area contributed by atoms with Crippen LogP contribution >= 0.6 is 0 Å². The molecule has 0 saturated carbocycles. The first-order chi connectivity index (χ1) is 17.2. The van der Waals surface area contributed by atoms with Crippen molar-refractivity contribution in [3.8, 4) is 28.5 Å². The van der Waals surface area contributed by atoms with Crippen molar-refractivity contribution in [1.29, 1.82) is 5.26 Å². The fourth-order valence-electron chi connectivity index (χ4n) is 5.44. The maximum Gasteiger partial charge on any atom is 0.0975 e. The van der Waals surface area contributed by atoms with Crippen LogP contribution in [0.1, 0.15) is 36.1 Å². The summed E-state index contributed by atoms with van der Waals surface area (Å²) >= 11 is 0. The van der Waals surface area contributed by atoms with E-state index < -0.39 is 0 Å². The van der Waals surface area contributed by atoms with Gasteiger partial charge in [0, 0.05) is 17.2 Å². The zero-order valence-corrected chi connectivity index (χ0v) is 19.6. The summed E-state index contributed by atoms with van der Waals surface area (Å²) in [7, 11) is 0. The molecule has 1 N–H and O–H groups in total. The number of hydrogen-bond acceptors (Lipinski definition) is 3. The number of fused-ring (bicyclic) bond motifs is 2. The van der Waals surface area contributed by atoms with Gasteiger partial charge in [-0.2, -0.15) is 5.26 Å². The van der Waals surface area contributed by atoms with E-state index in [1.807, 2.05) is 19.1 Å². The number of hydrogen-bond donors (Lipinski definition) is 1.